The average Bonchev–Trinajstić information content (AvgIpc) is 3.07. The van der Waals surface area contributed by atoms with Gasteiger partial charge < -0.3 is 5.32 Å². The minimum Gasteiger partial charge on any atom is -0.349 e. The highest BCUT2D eigenvalue weighted by Gasteiger charge is 2.19. The van der Waals surface area contributed by atoms with Gasteiger partial charge in [-0.3, -0.25) is 18.9 Å². The zero-order chi connectivity index (χ0) is 20.5. The SMILES string of the molecule is Cc1ccccc1Cn1c(N[C@H](C)c2ccccc2)nc2c1c(=O)[nH]c(=O)n2C. The number of anilines is 1. The average molecular weight is 389 g/mol. The molecule has 2 heterocycles. The van der Waals surface area contributed by atoms with Gasteiger partial charge in [-0.1, -0.05) is 54.6 Å². The van der Waals surface area contributed by atoms with Crippen LogP contribution in [0, 0.1) is 6.92 Å². The first-order valence-corrected chi connectivity index (χ1v) is 9.51. The number of H-pyrrole nitrogens is 1. The van der Waals surface area contributed by atoms with Crippen molar-refractivity contribution in [1.29, 1.82) is 0 Å². The monoisotopic (exact) mass is 389 g/mol. The van der Waals surface area contributed by atoms with Crippen LogP contribution in [0.1, 0.15) is 29.7 Å². The van der Waals surface area contributed by atoms with E-state index >= 15 is 0 Å². The lowest BCUT2D eigenvalue weighted by molar-refractivity contribution is 0.779. The molecule has 29 heavy (non-hydrogen) atoms. The second-order valence-electron chi connectivity index (χ2n) is 7.22. The topological polar surface area (TPSA) is 84.7 Å². The molecule has 4 rings (SSSR count). The van der Waals surface area contributed by atoms with Gasteiger partial charge in [-0.2, -0.15) is 4.98 Å². The van der Waals surface area contributed by atoms with Crippen LogP contribution in [0.4, 0.5) is 5.95 Å². The van der Waals surface area contributed by atoms with Crippen molar-refractivity contribution in [3.63, 3.8) is 0 Å². The molecule has 1 atom stereocenters. The standard InChI is InChI=1S/C22H23N5O2/c1-14-9-7-8-12-17(14)13-27-18-19(26(3)22(29)25-20(18)28)24-21(27)23-15(2)16-10-5-4-6-11-16/h4-12,15H,13H2,1-3H3,(H,23,24)(H,25,28,29)/t15-/m1/s1. The molecule has 2 N–H and O–H groups in total. The van der Waals surface area contributed by atoms with Crippen molar-refractivity contribution in [3.05, 3.63) is 92.1 Å². The van der Waals surface area contributed by atoms with Crippen LogP contribution in [-0.2, 0) is 13.6 Å². The van der Waals surface area contributed by atoms with Gasteiger partial charge in [0.2, 0.25) is 5.95 Å². The van der Waals surface area contributed by atoms with Crippen molar-refractivity contribution in [3.8, 4) is 0 Å². The van der Waals surface area contributed by atoms with Crippen LogP contribution in [0.15, 0.2) is 64.2 Å². The van der Waals surface area contributed by atoms with Gasteiger partial charge in [-0.25, -0.2) is 4.79 Å². The highest BCUT2D eigenvalue weighted by molar-refractivity contribution is 5.74. The Kier molecular flexibility index (Phi) is 4.80. The van der Waals surface area contributed by atoms with Crippen molar-refractivity contribution < 1.29 is 0 Å². The molecule has 0 bridgehead atoms. The molecule has 0 unspecified atom stereocenters. The Morgan fingerprint density at radius 2 is 1.76 bits per heavy atom. The molecule has 0 spiro atoms. The molecule has 4 aromatic rings. The quantitative estimate of drug-likeness (QED) is 0.550. The number of nitrogens with zero attached hydrogens (tertiary/aromatic N) is 3. The predicted molar refractivity (Wildman–Crippen MR) is 114 cm³/mol. The van der Waals surface area contributed by atoms with Crippen LogP contribution >= 0.6 is 0 Å². The maximum atomic E-state index is 12.7. The third-order valence-electron chi connectivity index (χ3n) is 5.24. The van der Waals surface area contributed by atoms with Gasteiger partial charge in [0.1, 0.15) is 0 Å². The van der Waals surface area contributed by atoms with Crippen LogP contribution in [0.5, 0.6) is 0 Å². The van der Waals surface area contributed by atoms with E-state index in [2.05, 4.69) is 15.3 Å². The van der Waals surface area contributed by atoms with E-state index in [4.69, 9.17) is 0 Å². The third-order valence-corrected chi connectivity index (χ3v) is 5.24. The molecule has 0 saturated carbocycles. The molecule has 0 saturated heterocycles. The summed E-state index contributed by atoms with van der Waals surface area (Å²) in [6.45, 7) is 4.54. The van der Waals surface area contributed by atoms with E-state index in [-0.39, 0.29) is 6.04 Å². The van der Waals surface area contributed by atoms with Gasteiger partial charge in [0.25, 0.3) is 5.56 Å². The molecule has 0 aliphatic rings. The van der Waals surface area contributed by atoms with Crippen molar-refractivity contribution in [2.75, 3.05) is 5.32 Å². The van der Waals surface area contributed by atoms with E-state index in [0.29, 0.717) is 23.7 Å². The summed E-state index contributed by atoms with van der Waals surface area (Å²) in [5.74, 6) is 0.548. The third kappa shape index (κ3) is 3.47. The summed E-state index contributed by atoms with van der Waals surface area (Å²) < 4.78 is 3.21. The summed E-state index contributed by atoms with van der Waals surface area (Å²) in [7, 11) is 1.61. The minimum atomic E-state index is -0.481. The predicted octanol–water partition coefficient (Wildman–Crippen LogP) is 2.95. The van der Waals surface area contributed by atoms with Crippen LogP contribution in [0.3, 0.4) is 0 Å². The number of benzene rings is 2. The van der Waals surface area contributed by atoms with Crippen molar-refractivity contribution in [2.24, 2.45) is 7.05 Å². The molecule has 0 radical (unpaired) electrons. The number of rotatable bonds is 5. The normalized spacial score (nSPS) is 12.2. The number of aryl methyl sites for hydroxylation is 2. The number of imidazole rings is 1. The molecule has 0 fully saturated rings. The highest BCUT2D eigenvalue weighted by atomic mass is 16.2. The molecular formula is C22H23N5O2. The molecule has 0 aliphatic heterocycles. The molecule has 148 valence electrons. The number of aromatic amines is 1. The van der Waals surface area contributed by atoms with Gasteiger partial charge in [0.15, 0.2) is 11.2 Å². The molecule has 7 heteroatoms. The first-order valence-electron chi connectivity index (χ1n) is 9.51. The van der Waals surface area contributed by atoms with E-state index in [1.165, 1.54) is 4.57 Å². The first-order chi connectivity index (χ1) is 14.0. The van der Waals surface area contributed by atoms with Gasteiger partial charge >= 0.3 is 5.69 Å². The Hall–Kier alpha value is -3.61. The fraction of sp³-hybridized carbons (Fsp3) is 0.227. The number of hydrogen-bond donors (Lipinski definition) is 2. The molecular weight excluding hydrogens is 366 g/mol. The van der Waals surface area contributed by atoms with Crippen molar-refractivity contribution >= 4 is 17.1 Å². The fourth-order valence-electron chi connectivity index (χ4n) is 3.48. The highest BCUT2D eigenvalue weighted by Crippen LogP contribution is 2.23. The second kappa shape index (κ2) is 7.43. The molecule has 2 aromatic heterocycles. The lowest BCUT2D eigenvalue weighted by Gasteiger charge is -2.17. The summed E-state index contributed by atoms with van der Waals surface area (Å²) in [6.07, 6.45) is 0. The largest absolute Gasteiger partial charge is 0.349 e. The Bertz CT molecular complexity index is 1280. The zero-order valence-corrected chi connectivity index (χ0v) is 16.6. The van der Waals surface area contributed by atoms with Crippen LogP contribution in [-0.4, -0.2) is 19.1 Å². The number of hydrogen-bond acceptors (Lipinski definition) is 4. The van der Waals surface area contributed by atoms with E-state index in [0.717, 1.165) is 16.7 Å². The van der Waals surface area contributed by atoms with Gasteiger partial charge in [-0.15, -0.1) is 0 Å². The maximum absolute atomic E-state index is 12.7. The smallest absolute Gasteiger partial charge is 0.329 e. The van der Waals surface area contributed by atoms with Crippen molar-refractivity contribution in [1.82, 2.24) is 19.1 Å². The van der Waals surface area contributed by atoms with E-state index in [9.17, 15) is 9.59 Å². The van der Waals surface area contributed by atoms with E-state index in [1.54, 1.807) is 7.05 Å². The first kappa shape index (κ1) is 18.7. The zero-order valence-electron chi connectivity index (χ0n) is 16.6. The van der Waals surface area contributed by atoms with Crippen LogP contribution < -0.4 is 16.6 Å². The van der Waals surface area contributed by atoms with E-state index in [1.807, 2.05) is 73.0 Å². The number of fused-ring (bicyclic) bond motifs is 1. The van der Waals surface area contributed by atoms with Gasteiger partial charge in [-0.05, 0) is 30.5 Å². The summed E-state index contributed by atoms with van der Waals surface area (Å²) in [5.41, 5.74) is 3.11. The summed E-state index contributed by atoms with van der Waals surface area (Å²) in [6, 6.07) is 18.0. The summed E-state index contributed by atoms with van der Waals surface area (Å²) >= 11 is 0. The number of aromatic nitrogens is 4. The van der Waals surface area contributed by atoms with E-state index < -0.39 is 11.2 Å². The summed E-state index contributed by atoms with van der Waals surface area (Å²) in [5, 5.41) is 3.41. The van der Waals surface area contributed by atoms with Gasteiger partial charge in [0, 0.05) is 7.05 Å². The van der Waals surface area contributed by atoms with Crippen molar-refractivity contribution in [2.45, 2.75) is 26.4 Å². The molecule has 2 aromatic carbocycles. The lowest BCUT2D eigenvalue weighted by atomic mass is 10.1. The molecule has 0 aliphatic carbocycles. The Balaban J connectivity index is 1.87. The second-order valence-corrected chi connectivity index (χ2v) is 7.22. The van der Waals surface area contributed by atoms with Crippen LogP contribution in [0.2, 0.25) is 0 Å². The van der Waals surface area contributed by atoms with Crippen LogP contribution in [0.25, 0.3) is 11.2 Å². The van der Waals surface area contributed by atoms with Gasteiger partial charge in [0.05, 0.1) is 12.6 Å². The Morgan fingerprint density at radius 1 is 1.07 bits per heavy atom. The minimum absolute atomic E-state index is 0.0280. The molecule has 7 nitrogen and oxygen atoms in total. The molecule has 0 amide bonds. The lowest BCUT2D eigenvalue weighted by Crippen LogP contribution is -2.29. The fourth-order valence-corrected chi connectivity index (χ4v) is 3.48. The summed E-state index contributed by atoms with van der Waals surface area (Å²) in [4.78, 5) is 31.7. The Labute approximate surface area is 167 Å². The Morgan fingerprint density at radius 3 is 2.48 bits per heavy atom. The maximum Gasteiger partial charge on any atom is 0.329 e. The number of nitrogens with one attached hydrogen (secondary N) is 2.